The van der Waals surface area contributed by atoms with E-state index in [1.165, 1.54) is 22.7 Å². The van der Waals surface area contributed by atoms with Gasteiger partial charge in [-0.25, -0.2) is 4.98 Å². The summed E-state index contributed by atoms with van der Waals surface area (Å²) in [7, 11) is 3.18. The number of anilines is 2. The first kappa shape index (κ1) is 22.8. The van der Waals surface area contributed by atoms with Crippen molar-refractivity contribution in [3.8, 4) is 22.8 Å². The molecule has 7 nitrogen and oxygen atoms in total. The van der Waals surface area contributed by atoms with Gasteiger partial charge in [-0.1, -0.05) is 41.1 Å². The van der Waals surface area contributed by atoms with E-state index < -0.39 is 0 Å². The number of thiazole rings is 1. The van der Waals surface area contributed by atoms with Crippen LogP contribution >= 0.6 is 34.3 Å². The number of aromatic nitrogens is 1. The fourth-order valence-corrected chi connectivity index (χ4v) is 4.49. The smallest absolute Gasteiger partial charge is 0.266 e. The molecule has 2 aromatic carbocycles. The van der Waals surface area contributed by atoms with Crippen LogP contribution in [-0.2, 0) is 0 Å². The average Bonchev–Trinajstić information content (AvgIpc) is 3.50. The zero-order valence-electron chi connectivity index (χ0n) is 17.7. The molecule has 0 atom stereocenters. The maximum absolute atomic E-state index is 12.6. The first-order valence-corrected chi connectivity index (χ1v) is 11.8. The van der Waals surface area contributed by atoms with Crippen molar-refractivity contribution in [2.75, 3.05) is 25.0 Å². The van der Waals surface area contributed by atoms with Gasteiger partial charge in [0, 0.05) is 22.2 Å². The number of methoxy groups -OCH3 is 2. The summed E-state index contributed by atoms with van der Waals surface area (Å²) in [5.41, 5.74) is 5.16. The molecule has 0 saturated heterocycles. The highest BCUT2D eigenvalue weighted by molar-refractivity contribution is 7.20. The molecular weight excluding hydrogens is 480 g/mol. The molecule has 0 radical (unpaired) electrons. The standard InChI is InChI=1S/C23H19ClN4O3S2/c1-30-17-10-7-15(18(12-17)31-2)13-25-28-23-26-20(14-5-8-16(24)9-6-14)22(33-23)27-21(29)19-4-3-11-32-19/h3-13H,1-2H3,(H,26,28)(H,27,29)/b25-13+. The summed E-state index contributed by atoms with van der Waals surface area (Å²) in [6.07, 6.45) is 1.63. The van der Waals surface area contributed by atoms with Crippen molar-refractivity contribution in [2.24, 2.45) is 5.10 Å². The lowest BCUT2D eigenvalue weighted by atomic mass is 10.1. The Balaban J connectivity index is 1.59. The monoisotopic (exact) mass is 498 g/mol. The lowest BCUT2D eigenvalue weighted by molar-refractivity contribution is 0.103. The molecular formula is C23H19ClN4O3S2. The largest absolute Gasteiger partial charge is 0.497 e. The molecule has 0 aliphatic carbocycles. The number of nitrogens with zero attached hydrogens (tertiary/aromatic N) is 2. The normalized spacial score (nSPS) is 10.9. The molecule has 2 N–H and O–H groups in total. The lowest BCUT2D eigenvalue weighted by Gasteiger charge is -2.06. The van der Waals surface area contributed by atoms with Gasteiger partial charge in [0.2, 0.25) is 5.13 Å². The van der Waals surface area contributed by atoms with Crippen LogP contribution in [0.25, 0.3) is 11.3 Å². The van der Waals surface area contributed by atoms with Crippen molar-refractivity contribution in [1.82, 2.24) is 4.98 Å². The molecule has 0 unspecified atom stereocenters. The first-order valence-electron chi connectivity index (χ1n) is 9.70. The number of carbonyl (C=O) groups is 1. The highest BCUT2D eigenvalue weighted by atomic mass is 35.5. The average molecular weight is 499 g/mol. The van der Waals surface area contributed by atoms with Gasteiger partial charge in [0.15, 0.2) is 0 Å². The van der Waals surface area contributed by atoms with Gasteiger partial charge in [0.1, 0.15) is 22.2 Å². The van der Waals surface area contributed by atoms with Gasteiger partial charge >= 0.3 is 0 Å². The SMILES string of the molecule is COc1ccc(/C=N/Nc2nc(-c3ccc(Cl)cc3)c(NC(=O)c3cccs3)s2)c(OC)c1. The molecule has 2 heterocycles. The molecule has 168 valence electrons. The summed E-state index contributed by atoms with van der Waals surface area (Å²) < 4.78 is 10.6. The number of thiophene rings is 1. The quantitative estimate of drug-likeness (QED) is 0.222. The van der Waals surface area contributed by atoms with Crippen LogP contribution in [0.4, 0.5) is 10.1 Å². The number of amides is 1. The Morgan fingerprint density at radius 1 is 1.12 bits per heavy atom. The van der Waals surface area contributed by atoms with Crippen molar-refractivity contribution >= 4 is 56.5 Å². The Kier molecular flexibility index (Phi) is 7.23. The molecule has 0 aliphatic heterocycles. The van der Waals surface area contributed by atoms with Crippen LogP contribution < -0.4 is 20.2 Å². The van der Waals surface area contributed by atoms with E-state index in [2.05, 4.69) is 20.8 Å². The Labute approximate surface area is 203 Å². The second kappa shape index (κ2) is 10.5. The molecule has 0 saturated carbocycles. The topological polar surface area (TPSA) is 84.8 Å². The Morgan fingerprint density at radius 2 is 1.94 bits per heavy atom. The van der Waals surface area contributed by atoms with Crippen molar-refractivity contribution < 1.29 is 14.3 Å². The predicted octanol–water partition coefficient (Wildman–Crippen LogP) is 6.24. The van der Waals surface area contributed by atoms with Gasteiger partial charge in [-0.2, -0.15) is 5.10 Å². The van der Waals surface area contributed by atoms with Gasteiger partial charge in [-0.3, -0.25) is 10.2 Å². The Morgan fingerprint density at radius 3 is 2.64 bits per heavy atom. The number of hydrogen-bond acceptors (Lipinski definition) is 8. The fourth-order valence-electron chi connectivity index (χ4n) is 2.91. The van der Waals surface area contributed by atoms with Crippen molar-refractivity contribution in [3.05, 3.63) is 75.4 Å². The number of carbonyl (C=O) groups excluding carboxylic acids is 1. The summed E-state index contributed by atoms with van der Waals surface area (Å²) in [4.78, 5) is 17.9. The van der Waals surface area contributed by atoms with E-state index in [0.717, 1.165) is 11.1 Å². The molecule has 10 heteroatoms. The highest BCUT2D eigenvalue weighted by Gasteiger charge is 2.17. The molecule has 0 bridgehead atoms. The predicted molar refractivity (Wildman–Crippen MR) is 136 cm³/mol. The number of hydrazone groups is 1. The van der Waals surface area contributed by atoms with E-state index in [-0.39, 0.29) is 5.91 Å². The molecule has 0 fully saturated rings. The number of halogens is 1. The zero-order valence-corrected chi connectivity index (χ0v) is 20.1. The summed E-state index contributed by atoms with van der Waals surface area (Å²) in [5.74, 6) is 1.13. The maximum atomic E-state index is 12.6. The van der Waals surface area contributed by atoms with Gasteiger partial charge in [-0.05, 0) is 35.7 Å². The highest BCUT2D eigenvalue weighted by Crippen LogP contribution is 2.37. The molecule has 2 aromatic heterocycles. The zero-order chi connectivity index (χ0) is 23.2. The minimum atomic E-state index is -0.193. The fraction of sp³-hybridized carbons (Fsp3) is 0.0870. The lowest BCUT2D eigenvalue weighted by Crippen LogP contribution is -2.09. The Hall–Kier alpha value is -3.40. The number of benzene rings is 2. The van der Waals surface area contributed by atoms with E-state index in [1.807, 2.05) is 35.7 Å². The van der Waals surface area contributed by atoms with Crippen molar-refractivity contribution in [2.45, 2.75) is 0 Å². The maximum Gasteiger partial charge on any atom is 0.266 e. The number of rotatable bonds is 8. The molecule has 1 amide bonds. The third-order valence-electron chi connectivity index (χ3n) is 4.52. The van der Waals surface area contributed by atoms with E-state index in [1.54, 1.807) is 44.7 Å². The summed E-state index contributed by atoms with van der Waals surface area (Å²) in [6, 6.07) is 16.3. The minimum Gasteiger partial charge on any atom is -0.497 e. The van der Waals surface area contributed by atoms with Crippen LogP contribution in [0.15, 0.2) is 65.1 Å². The van der Waals surface area contributed by atoms with E-state index >= 15 is 0 Å². The van der Waals surface area contributed by atoms with Crippen LogP contribution in [0.2, 0.25) is 5.02 Å². The summed E-state index contributed by atoms with van der Waals surface area (Å²) in [5, 5.41) is 10.8. The molecule has 4 aromatic rings. The van der Waals surface area contributed by atoms with E-state index in [0.29, 0.717) is 37.2 Å². The Bertz CT molecular complexity index is 1270. The molecule has 4 rings (SSSR count). The van der Waals surface area contributed by atoms with Crippen molar-refractivity contribution in [3.63, 3.8) is 0 Å². The third-order valence-corrected chi connectivity index (χ3v) is 6.52. The first-order chi connectivity index (χ1) is 16.1. The summed E-state index contributed by atoms with van der Waals surface area (Å²) in [6.45, 7) is 0. The van der Waals surface area contributed by atoms with Crippen LogP contribution in [0.5, 0.6) is 11.5 Å². The van der Waals surface area contributed by atoms with Crippen molar-refractivity contribution in [1.29, 1.82) is 0 Å². The molecule has 33 heavy (non-hydrogen) atoms. The second-order valence-corrected chi connectivity index (χ2v) is 9.00. The second-order valence-electron chi connectivity index (χ2n) is 6.61. The number of nitrogens with one attached hydrogen (secondary N) is 2. The van der Waals surface area contributed by atoms with Gasteiger partial charge in [-0.15, -0.1) is 11.3 Å². The summed E-state index contributed by atoms with van der Waals surface area (Å²) >= 11 is 8.69. The molecule has 0 aliphatic rings. The van der Waals surface area contributed by atoms with Crippen LogP contribution in [0.3, 0.4) is 0 Å². The van der Waals surface area contributed by atoms with Gasteiger partial charge in [0.05, 0.1) is 25.3 Å². The number of hydrogen-bond donors (Lipinski definition) is 2. The molecule has 0 spiro atoms. The van der Waals surface area contributed by atoms with Crippen LogP contribution in [-0.4, -0.2) is 31.3 Å². The van der Waals surface area contributed by atoms with E-state index in [9.17, 15) is 4.79 Å². The van der Waals surface area contributed by atoms with Gasteiger partial charge < -0.3 is 14.8 Å². The van der Waals surface area contributed by atoms with Crippen LogP contribution in [0.1, 0.15) is 15.2 Å². The number of ether oxygens (including phenoxy) is 2. The third kappa shape index (κ3) is 5.51. The van der Waals surface area contributed by atoms with Crippen LogP contribution in [0, 0.1) is 0 Å². The van der Waals surface area contributed by atoms with E-state index in [4.69, 9.17) is 21.1 Å². The van der Waals surface area contributed by atoms with Gasteiger partial charge in [0.25, 0.3) is 5.91 Å². The minimum absolute atomic E-state index is 0.193.